The number of nitro benzene ring substituents is 4. The van der Waals surface area contributed by atoms with Crippen molar-refractivity contribution < 1.29 is 44.9 Å². The van der Waals surface area contributed by atoms with Gasteiger partial charge in [0.2, 0.25) is 11.5 Å². The second-order valence-corrected chi connectivity index (χ2v) is 10.0. The Labute approximate surface area is 256 Å². The van der Waals surface area contributed by atoms with Crippen LogP contribution in [0.4, 0.5) is 22.7 Å². The lowest BCUT2D eigenvalue weighted by atomic mass is 9.77. The highest BCUT2D eigenvalue weighted by Gasteiger charge is 2.36. The molecule has 2 atom stereocenters. The summed E-state index contributed by atoms with van der Waals surface area (Å²) in [5.74, 6) is -8.43. The van der Waals surface area contributed by atoms with Crippen LogP contribution in [-0.2, 0) is 17.6 Å². The van der Waals surface area contributed by atoms with Gasteiger partial charge in [-0.25, -0.2) is 0 Å². The van der Waals surface area contributed by atoms with E-state index in [9.17, 15) is 65.7 Å². The average Bonchev–Trinajstić information content (AvgIpc) is 3.00. The van der Waals surface area contributed by atoms with E-state index in [-0.39, 0.29) is 22.3 Å². The van der Waals surface area contributed by atoms with Crippen LogP contribution in [0.15, 0.2) is 72.8 Å². The molecule has 17 heteroatoms. The highest BCUT2D eigenvalue weighted by Crippen LogP contribution is 2.44. The van der Waals surface area contributed by atoms with Crippen LogP contribution in [-0.4, -0.2) is 45.9 Å². The van der Waals surface area contributed by atoms with Gasteiger partial charge < -0.3 is 20.4 Å². The van der Waals surface area contributed by atoms with Crippen molar-refractivity contribution in [3.8, 4) is 23.0 Å². The summed E-state index contributed by atoms with van der Waals surface area (Å²) in [6.07, 6.45) is -1.06. The first-order valence-corrected chi connectivity index (χ1v) is 13.1. The smallest absolute Gasteiger partial charge is 0.314 e. The van der Waals surface area contributed by atoms with Gasteiger partial charge in [-0.05, 0) is 36.1 Å². The molecule has 0 spiro atoms. The minimum absolute atomic E-state index is 0.0370. The fraction of sp³-hybridized carbons (Fsp3) is 0.138. The van der Waals surface area contributed by atoms with Gasteiger partial charge in [0.25, 0.3) is 11.4 Å². The molecule has 0 fully saturated rings. The molecule has 2 unspecified atom stereocenters. The Bertz CT molecular complexity index is 1780. The van der Waals surface area contributed by atoms with Crippen LogP contribution in [0.1, 0.15) is 34.1 Å². The highest BCUT2D eigenvalue weighted by molar-refractivity contribution is 5.93. The summed E-state index contributed by atoms with van der Waals surface area (Å²) in [6.45, 7) is 0. The minimum atomic E-state index is -1.62. The predicted molar refractivity (Wildman–Crippen MR) is 157 cm³/mol. The predicted octanol–water partition coefficient (Wildman–Crippen LogP) is 5.06. The monoisotopic (exact) mass is 634 g/mol. The van der Waals surface area contributed by atoms with Crippen molar-refractivity contribution in [3.63, 3.8) is 0 Å². The van der Waals surface area contributed by atoms with E-state index in [1.54, 1.807) is 0 Å². The Morgan fingerprint density at radius 1 is 0.543 bits per heavy atom. The molecule has 4 rings (SSSR count). The lowest BCUT2D eigenvalue weighted by molar-refractivity contribution is -0.386. The maximum atomic E-state index is 14.6. The molecule has 46 heavy (non-hydrogen) atoms. The van der Waals surface area contributed by atoms with Gasteiger partial charge in [0.05, 0.1) is 19.7 Å². The largest absolute Gasteiger partial charge is 0.504 e. The van der Waals surface area contributed by atoms with Crippen LogP contribution in [0.5, 0.6) is 23.0 Å². The third-order valence-electron chi connectivity index (χ3n) is 7.29. The molecule has 4 aromatic rings. The van der Waals surface area contributed by atoms with Gasteiger partial charge in [0.15, 0.2) is 11.5 Å². The number of ketones is 1. The molecule has 0 aliphatic heterocycles. The first-order valence-electron chi connectivity index (χ1n) is 13.1. The fourth-order valence-corrected chi connectivity index (χ4v) is 5.10. The van der Waals surface area contributed by atoms with Gasteiger partial charge in [-0.15, -0.1) is 0 Å². The second-order valence-electron chi connectivity index (χ2n) is 10.0. The van der Waals surface area contributed by atoms with Crippen molar-refractivity contribution in [2.75, 3.05) is 0 Å². The van der Waals surface area contributed by atoms with Crippen molar-refractivity contribution in [3.05, 3.63) is 136 Å². The summed E-state index contributed by atoms with van der Waals surface area (Å²) in [4.78, 5) is 58.0. The first kappa shape index (κ1) is 32.3. The molecule has 17 nitrogen and oxygen atoms in total. The standard InChI is InChI=1S/C29H22N4O13/c34-25-13-17(11-23(28(25)37)32(43)44)19(9-15-5-1-3-7-21(15)30(39)40)27(36)20(10-16-6-2-4-8-22(16)31(41)42)18-12-24(33(45)46)29(38)26(35)14-18/h1-8,11-14,19-20,34-35,37-38H,9-10H2. The number of nitrogens with zero attached hydrogens (tertiary/aromatic N) is 4. The zero-order valence-electron chi connectivity index (χ0n) is 23.2. The number of aromatic hydroxyl groups is 4. The van der Waals surface area contributed by atoms with Crippen LogP contribution in [0, 0.1) is 40.5 Å². The summed E-state index contributed by atoms with van der Waals surface area (Å²) in [6, 6.07) is 13.6. The van der Waals surface area contributed by atoms with Gasteiger partial charge in [-0.1, -0.05) is 36.4 Å². The molecule has 0 aliphatic rings. The van der Waals surface area contributed by atoms with Crippen LogP contribution in [0.2, 0.25) is 0 Å². The van der Waals surface area contributed by atoms with E-state index in [0.717, 1.165) is 36.4 Å². The lowest BCUT2D eigenvalue weighted by Gasteiger charge is -2.24. The van der Waals surface area contributed by atoms with E-state index in [0.29, 0.717) is 0 Å². The number of Topliss-reactive ketones (excluding diaryl/α,β-unsaturated/α-hetero) is 1. The number of phenolic OH excluding ortho intramolecular Hbond substituents is 4. The minimum Gasteiger partial charge on any atom is -0.504 e. The Kier molecular flexibility index (Phi) is 9.06. The fourth-order valence-electron chi connectivity index (χ4n) is 5.10. The van der Waals surface area contributed by atoms with Crippen LogP contribution in [0.25, 0.3) is 0 Å². The number of para-hydroxylation sites is 2. The molecule has 0 bridgehead atoms. The summed E-state index contributed by atoms with van der Waals surface area (Å²) >= 11 is 0. The molecular weight excluding hydrogens is 612 g/mol. The molecule has 0 aromatic heterocycles. The molecule has 0 heterocycles. The molecule has 0 saturated heterocycles. The third-order valence-corrected chi connectivity index (χ3v) is 7.29. The summed E-state index contributed by atoms with van der Waals surface area (Å²) in [7, 11) is 0. The Hall–Kier alpha value is -6.65. The number of carbonyl (C=O) groups excluding carboxylic acids is 1. The number of nitro groups is 4. The van der Waals surface area contributed by atoms with Gasteiger partial charge in [0.1, 0.15) is 5.78 Å². The molecule has 4 aromatic carbocycles. The quantitative estimate of drug-likeness (QED) is 0.0901. The first-order chi connectivity index (χ1) is 21.7. The maximum absolute atomic E-state index is 14.6. The summed E-state index contributed by atoms with van der Waals surface area (Å²) in [5, 5.41) is 87.8. The van der Waals surface area contributed by atoms with Crippen molar-refractivity contribution in [1.29, 1.82) is 0 Å². The Morgan fingerprint density at radius 2 is 0.870 bits per heavy atom. The zero-order chi connectivity index (χ0) is 33.9. The van der Waals surface area contributed by atoms with E-state index in [2.05, 4.69) is 0 Å². The zero-order valence-corrected chi connectivity index (χ0v) is 23.2. The molecular formula is C29H22N4O13. The van der Waals surface area contributed by atoms with Gasteiger partial charge in [-0.2, -0.15) is 0 Å². The van der Waals surface area contributed by atoms with Gasteiger partial charge in [0, 0.05) is 47.2 Å². The Balaban J connectivity index is 2.00. The summed E-state index contributed by atoms with van der Waals surface area (Å²) < 4.78 is 0. The van der Waals surface area contributed by atoms with E-state index < -0.39 is 95.9 Å². The van der Waals surface area contributed by atoms with E-state index in [1.807, 2.05) is 0 Å². The number of rotatable bonds is 12. The maximum Gasteiger partial charge on any atom is 0.314 e. The van der Waals surface area contributed by atoms with E-state index >= 15 is 0 Å². The lowest BCUT2D eigenvalue weighted by Crippen LogP contribution is -2.25. The molecule has 0 saturated carbocycles. The molecule has 4 N–H and O–H groups in total. The van der Waals surface area contributed by atoms with Crippen molar-refractivity contribution in [2.24, 2.45) is 0 Å². The number of carbonyl (C=O) groups is 1. The van der Waals surface area contributed by atoms with Crippen LogP contribution >= 0.6 is 0 Å². The van der Waals surface area contributed by atoms with Gasteiger partial charge in [-0.3, -0.25) is 45.3 Å². The van der Waals surface area contributed by atoms with Crippen molar-refractivity contribution in [1.82, 2.24) is 0 Å². The normalized spacial score (nSPS) is 12.2. The van der Waals surface area contributed by atoms with Crippen LogP contribution < -0.4 is 0 Å². The van der Waals surface area contributed by atoms with E-state index in [4.69, 9.17) is 0 Å². The van der Waals surface area contributed by atoms with Crippen molar-refractivity contribution >= 4 is 28.5 Å². The van der Waals surface area contributed by atoms with E-state index in [1.165, 1.54) is 36.4 Å². The van der Waals surface area contributed by atoms with Gasteiger partial charge >= 0.3 is 11.4 Å². The number of benzene rings is 4. The number of hydrogen-bond acceptors (Lipinski definition) is 13. The third kappa shape index (κ3) is 6.47. The molecule has 236 valence electrons. The molecule has 0 aliphatic carbocycles. The number of hydrogen-bond donors (Lipinski definition) is 4. The Morgan fingerprint density at radius 3 is 1.20 bits per heavy atom. The van der Waals surface area contributed by atoms with Crippen molar-refractivity contribution in [2.45, 2.75) is 24.7 Å². The summed E-state index contributed by atoms with van der Waals surface area (Å²) in [5.41, 5.74) is -3.57. The molecule has 0 amide bonds. The second kappa shape index (κ2) is 12.9. The van der Waals surface area contributed by atoms with Crippen LogP contribution in [0.3, 0.4) is 0 Å². The molecule has 0 radical (unpaired) electrons. The number of phenols is 4. The highest BCUT2D eigenvalue weighted by atomic mass is 16.6. The SMILES string of the molecule is O=C(C(Cc1ccccc1[N+](=O)[O-])c1cc(O)c(O)c([N+](=O)[O-])c1)C(Cc1ccccc1[N+](=O)[O-])c1cc(O)c(O)c([N+](=O)[O-])c1. The topological polar surface area (TPSA) is 271 Å². The average molecular weight is 635 g/mol.